The molecule has 0 saturated heterocycles. The Labute approximate surface area is 95.6 Å². The van der Waals surface area contributed by atoms with Gasteiger partial charge < -0.3 is 0 Å². The molecular formula is C11H9BrN2O. The van der Waals surface area contributed by atoms with Gasteiger partial charge in [-0.1, -0.05) is 27.6 Å². The van der Waals surface area contributed by atoms with Crippen molar-refractivity contribution in [2.45, 2.75) is 6.92 Å². The van der Waals surface area contributed by atoms with Crippen LogP contribution >= 0.6 is 15.9 Å². The maximum atomic E-state index is 10.8. The number of aromatic amines is 1. The number of nitrogens with zero attached hydrogens (tertiary/aromatic N) is 1. The SMILES string of the molecule is Cc1ccc(Br)c(-c2[nH]ncc2C=O)c1. The molecule has 0 amide bonds. The summed E-state index contributed by atoms with van der Waals surface area (Å²) in [5.74, 6) is 0. The summed E-state index contributed by atoms with van der Waals surface area (Å²) in [5, 5.41) is 6.69. The highest BCUT2D eigenvalue weighted by atomic mass is 79.9. The van der Waals surface area contributed by atoms with E-state index in [2.05, 4.69) is 26.1 Å². The molecule has 0 spiro atoms. The van der Waals surface area contributed by atoms with Gasteiger partial charge in [0.05, 0.1) is 17.5 Å². The molecule has 2 rings (SSSR count). The fraction of sp³-hybridized carbons (Fsp3) is 0.0909. The average Bonchev–Trinajstić information content (AvgIpc) is 2.69. The Bertz CT molecular complexity index is 505. The van der Waals surface area contributed by atoms with Crippen LogP contribution < -0.4 is 0 Å². The lowest BCUT2D eigenvalue weighted by molar-refractivity contribution is 0.112. The summed E-state index contributed by atoms with van der Waals surface area (Å²) in [6, 6.07) is 5.97. The number of H-pyrrole nitrogens is 1. The molecule has 4 heteroatoms. The van der Waals surface area contributed by atoms with Gasteiger partial charge in [0.2, 0.25) is 0 Å². The normalized spacial score (nSPS) is 10.3. The summed E-state index contributed by atoms with van der Waals surface area (Å²) in [7, 11) is 0. The first kappa shape index (κ1) is 10.1. The van der Waals surface area contributed by atoms with E-state index in [1.807, 2.05) is 25.1 Å². The smallest absolute Gasteiger partial charge is 0.153 e. The highest BCUT2D eigenvalue weighted by molar-refractivity contribution is 9.10. The number of hydrogen-bond donors (Lipinski definition) is 1. The van der Waals surface area contributed by atoms with Gasteiger partial charge in [-0.2, -0.15) is 5.10 Å². The molecule has 15 heavy (non-hydrogen) atoms. The Balaban J connectivity index is 2.62. The summed E-state index contributed by atoms with van der Waals surface area (Å²) in [6.07, 6.45) is 2.32. The molecule has 0 saturated carbocycles. The van der Waals surface area contributed by atoms with Crippen molar-refractivity contribution in [2.24, 2.45) is 0 Å². The first-order valence-electron chi connectivity index (χ1n) is 4.47. The third kappa shape index (κ3) is 1.85. The number of halogens is 1. The van der Waals surface area contributed by atoms with Crippen LogP contribution in [0, 0.1) is 6.92 Å². The van der Waals surface area contributed by atoms with E-state index in [0.717, 1.165) is 27.6 Å². The van der Waals surface area contributed by atoms with Gasteiger partial charge in [-0.25, -0.2) is 0 Å². The predicted molar refractivity (Wildman–Crippen MR) is 61.8 cm³/mol. The highest BCUT2D eigenvalue weighted by Crippen LogP contribution is 2.29. The zero-order chi connectivity index (χ0) is 10.8. The molecule has 0 atom stereocenters. The zero-order valence-corrected chi connectivity index (χ0v) is 9.71. The molecule has 3 nitrogen and oxygen atoms in total. The van der Waals surface area contributed by atoms with Crippen molar-refractivity contribution < 1.29 is 4.79 Å². The van der Waals surface area contributed by atoms with Crippen LogP contribution in [0.5, 0.6) is 0 Å². The number of hydrogen-bond acceptors (Lipinski definition) is 2. The van der Waals surface area contributed by atoms with Gasteiger partial charge in [0, 0.05) is 10.0 Å². The van der Waals surface area contributed by atoms with Gasteiger partial charge in [-0.15, -0.1) is 0 Å². The van der Waals surface area contributed by atoms with Crippen molar-refractivity contribution in [1.29, 1.82) is 0 Å². The Kier molecular flexibility index (Phi) is 2.68. The average molecular weight is 265 g/mol. The number of aromatic nitrogens is 2. The van der Waals surface area contributed by atoms with E-state index in [1.165, 1.54) is 6.20 Å². The second-order valence-corrected chi connectivity index (χ2v) is 4.16. The van der Waals surface area contributed by atoms with Crippen LogP contribution in [0.25, 0.3) is 11.3 Å². The minimum absolute atomic E-state index is 0.571. The van der Waals surface area contributed by atoms with Crippen molar-refractivity contribution in [3.63, 3.8) is 0 Å². The number of aryl methyl sites for hydroxylation is 1. The third-order valence-corrected chi connectivity index (χ3v) is 2.88. The van der Waals surface area contributed by atoms with Crippen LogP contribution in [-0.4, -0.2) is 16.5 Å². The molecule has 0 unspecified atom stereocenters. The first-order valence-corrected chi connectivity index (χ1v) is 5.26. The molecule has 1 aromatic carbocycles. The number of benzene rings is 1. The van der Waals surface area contributed by atoms with Crippen molar-refractivity contribution >= 4 is 22.2 Å². The molecule has 1 N–H and O–H groups in total. The molecule has 0 aliphatic heterocycles. The van der Waals surface area contributed by atoms with Crippen LogP contribution in [-0.2, 0) is 0 Å². The summed E-state index contributed by atoms with van der Waals surface area (Å²) < 4.78 is 0.945. The second-order valence-electron chi connectivity index (χ2n) is 3.30. The maximum Gasteiger partial charge on any atom is 0.153 e. The third-order valence-electron chi connectivity index (χ3n) is 2.19. The van der Waals surface area contributed by atoms with E-state index in [1.54, 1.807) is 0 Å². The lowest BCUT2D eigenvalue weighted by Gasteiger charge is -2.03. The van der Waals surface area contributed by atoms with Gasteiger partial charge in [0.1, 0.15) is 0 Å². The fourth-order valence-corrected chi connectivity index (χ4v) is 1.88. The number of aldehydes is 1. The minimum Gasteiger partial charge on any atom is -0.298 e. The van der Waals surface area contributed by atoms with E-state index < -0.39 is 0 Å². The number of nitrogens with one attached hydrogen (secondary N) is 1. The van der Waals surface area contributed by atoms with Gasteiger partial charge in [-0.05, 0) is 19.1 Å². The molecule has 0 fully saturated rings. The summed E-state index contributed by atoms with van der Waals surface area (Å²) in [5.41, 5.74) is 3.41. The fourth-order valence-electron chi connectivity index (χ4n) is 1.43. The monoisotopic (exact) mass is 264 g/mol. The lowest BCUT2D eigenvalue weighted by atomic mass is 10.1. The molecule has 76 valence electrons. The van der Waals surface area contributed by atoms with Crippen LogP contribution in [0.3, 0.4) is 0 Å². The second kappa shape index (κ2) is 3.98. The Morgan fingerprint density at radius 1 is 1.47 bits per heavy atom. The zero-order valence-electron chi connectivity index (χ0n) is 8.12. The first-order chi connectivity index (χ1) is 7.22. The maximum absolute atomic E-state index is 10.8. The molecule has 0 radical (unpaired) electrons. The Morgan fingerprint density at radius 3 is 3.00 bits per heavy atom. The van der Waals surface area contributed by atoms with Gasteiger partial charge in [-0.3, -0.25) is 9.89 Å². The van der Waals surface area contributed by atoms with Crippen molar-refractivity contribution in [1.82, 2.24) is 10.2 Å². The van der Waals surface area contributed by atoms with E-state index in [4.69, 9.17) is 0 Å². The molecular weight excluding hydrogens is 256 g/mol. The molecule has 0 aliphatic rings. The summed E-state index contributed by atoms with van der Waals surface area (Å²) in [6.45, 7) is 2.01. The van der Waals surface area contributed by atoms with E-state index in [0.29, 0.717) is 5.56 Å². The van der Waals surface area contributed by atoms with Crippen LogP contribution in [0.1, 0.15) is 15.9 Å². The van der Waals surface area contributed by atoms with Crippen molar-refractivity contribution in [2.75, 3.05) is 0 Å². The largest absolute Gasteiger partial charge is 0.298 e. The van der Waals surface area contributed by atoms with Crippen molar-refractivity contribution in [3.8, 4) is 11.3 Å². The Morgan fingerprint density at radius 2 is 2.27 bits per heavy atom. The topological polar surface area (TPSA) is 45.8 Å². The van der Waals surface area contributed by atoms with Crippen LogP contribution in [0.4, 0.5) is 0 Å². The lowest BCUT2D eigenvalue weighted by Crippen LogP contribution is -1.86. The van der Waals surface area contributed by atoms with Gasteiger partial charge in [0.15, 0.2) is 6.29 Å². The Hall–Kier alpha value is -1.42. The molecule has 1 heterocycles. The summed E-state index contributed by atoms with van der Waals surface area (Å²) >= 11 is 3.45. The molecule has 1 aromatic heterocycles. The van der Waals surface area contributed by atoms with E-state index in [-0.39, 0.29) is 0 Å². The minimum atomic E-state index is 0.571. The predicted octanol–water partition coefficient (Wildman–Crippen LogP) is 2.96. The number of carbonyl (C=O) groups is 1. The van der Waals surface area contributed by atoms with Gasteiger partial charge in [0.25, 0.3) is 0 Å². The number of carbonyl (C=O) groups excluding carboxylic acids is 1. The van der Waals surface area contributed by atoms with Crippen LogP contribution in [0.2, 0.25) is 0 Å². The number of rotatable bonds is 2. The molecule has 0 aliphatic carbocycles. The van der Waals surface area contributed by atoms with Gasteiger partial charge >= 0.3 is 0 Å². The summed E-state index contributed by atoms with van der Waals surface area (Å²) in [4.78, 5) is 10.8. The van der Waals surface area contributed by atoms with Crippen molar-refractivity contribution in [3.05, 3.63) is 40.0 Å². The van der Waals surface area contributed by atoms with E-state index in [9.17, 15) is 4.79 Å². The van der Waals surface area contributed by atoms with E-state index >= 15 is 0 Å². The quantitative estimate of drug-likeness (QED) is 0.848. The molecule has 2 aromatic rings. The van der Waals surface area contributed by atoms with Crippen LogP contribution in [0.15, 0.2) is 28.9 Å². The highest BCUT2D eigenvalue weighted by Gasteiger charge is 2.09. The standard InChI is InChI=1S/C11H9BrN2O/c1-7-2-3-10(12)9(4-7)11-8(6-15)5-13-14-11/h2-6H,1H3,(H,13,14). The molecule has 0 bridgehead atoms.